The van der Waals surface area contributed by atoms with Crippen molar-refractivity contribution in [3.05, 3.63) is 71.5 Å². The first kappa shape index (κ1) is 21.1. The Bertz CT molecular complexity index is 1020. The van der Waals surface area contributed by atoms with Crippen LogP contribution in [-0.2, 0) is 11.3 Å². The van der Waals surface area contributed by atoms with Crippen molar-refractivity contribution in [3.63, 3.8) is 0 Å². The van der Waals surface area contributed by atoms with Gasteiger partial charge in [0, 0.05) is 25.2 Å². The Hall–Kier alpha value is -3.19. The van der Waals surface area contributed by atoms with E-state index in [1.807, 2.05) is 37.3 Å². The van der Waals surface area contributed by atoms with Gasteiger partial charge >= 0.3 is 0 Å². The minimum absolute atomic E-state index is 0.0709. The minimum atomic E-state index is -0.518. The van der Waals surface area contributed by atoms with Crippen molar-refractivity contribution in [1.82, 2.24) is 10.1 Å². The predicted octanol–water partition coefficient (Wildman–Crippen LogP) is 4.37. The lowest BCUT2D eigenvalue weighted by atomic mass is 10.1. The second-order valence-corrected chi connectivity index (χ2v) is 7.49. The lowest BCUT2D eigenvalue weighted by Gasteiger charge is -2.28. The largest absolute Gasteiger partial charge is 0.378 e. The zero-order valence-corrected chi connectivity index (χ0v) is 17.6. The molecule has 4 rings (SSSR count). The molecule has 1 amide bonds. The molecule has 31 heavy (non-hydrogen) atoms. The number of benzene rings is 2. The van der Waals surface area contributed by atoms with Crippen LogP contribution in [0.4, 0.5) is 10.3 Å². The quantitative estimate of drug-likeness (QED) is 0.565. The van der Waals surface area contributed by atoms with Gasteiger partial charge in [-0.2, -0.15) is 0 Å². The lowest BCUT2D eigenvalue weighted by Crippen LogP contribution is -2.37. The van der Waals surface area contributed by atoms with Gasteiger partial charge in [0.15, 0.2) is 0 Å². The number of hydrogen-bond acceptors (Lipinski definition) is 5. The van der Waals surface area contributed by atoms with Crippen molar-refractivity contribution in [2.45, 2.75) is 19.9 Å². The molecule has 1 aromatic heterocycles. The van der Waals surface area contributed by atoms with Gasteiger partial charge in [-0.15, -0.1) is 0 Å². The van der Waals surface area contributed by atoms with Crippen LogP contribution in [0.25, 0.3) is 11.3 Å². The Labute approximate surface area is 181 Å². The number of nitrogens with zero attached hydrogens (tertiary/aromatic N) is 3. The Kier molecular flexibility index (Phi) is 6.62. The van der Waals surface area contributed by atoms with Gasteiger partial charge in [0.1, 0.15) is 11.5 Å². The van der Waals surface area contributed by atoms with Gasteiger partial charge in [0.2, 0.25) is 5.88 Å². The van der Waals surface area contributed by atoms with Crippen LogP contribution < -0.4 is 4.90 Å². The highest BCUT2D eigenvalue weighted by molar-refractivity contribution is 5.94. The van der Waals surface area contributed by atoms with Crippen LogP contribution in [0.3, 0.4) is 0 Å². The fourth-order valence-electron chi connectivity index (χ4n) is 3.80. The van der Waals surface area contributed by atoms with E-state index >= 15 is 0 Å². The molecule has 0 atom stereocenters. The van der Waals surface area contributed by atoms with E-state index in [0.29, 0.717) is 44.4 Å². The van der Waals surface area contributed by atoms with Crippen LogP contribution in [0.1, 0.15) is 29.3 Å². The maximum Gasteiger partial charge on any atom is 0.257 e. The molecule has 0 N–H and O–H groups in total. The second kappa shape index (κ2) is 9.75. The molecule has 1 aliphatic heterocycles. The highest BCUT2D eigenvalue weighted by atomic mass is 19.1. The number of aromatic nitrogens is 1. The lowest BCUT2D eigenvalue weighted by molar-refractivity contribution is 0.0738. The number of amides is 1. The van der Waals surface area contributed by atoms with Crippen molar-refractivity contribution in [1.29, 1.82) is 0 Å². The molecule has 0 saturated carbocycles. The standard InChI is InChI=1S/C24H26FN3O3/c1-2-12-28(23(29)19-10-6-7-11-21(19)25)17-20-22(18-8-4-3-5-9-18)26-31-24(20)27-13-15-30-16-14-27/h3-11H,2,12-17H2,1H3. The number of hydrogen-bond donors (Lipinski definition) is 0. The van der Waals surface area contributed by atoms with E-state index in [9.17, 15) is 9.18 Å². The van der Waals surface area contributed by atoms with Gasteiger partial charge < -0.3 is 19.1 Å². The van der Waals surface area contributed by atoms with Crippen molar-refractivity contribution < 1.29 is 18.4 Å². The van der Waals surface area contributed by atoms with E-state index in [1.165, 1.54) is 12.1 Å². The average Bonchev–Trinajstić information content (AvgIpc) is 3.23. The SMILES string of the molecule is CCCN(Cc1c(-c2ccccc2)noc1N1CCOCC1)C(=O)c1ccccc1F. The molecule has 2 aromatic carbocycles. The first-order chi connectivity index (χ1) is 15.2. The third-order valence-electron chi connectivity index (χ3n) is 5.35. The van der Waals surface area contributed by atoms with E-state index < -0.39 is 5.82 Å². The molecule has 162 valence electrons. The van der Waals surface area contributed by atoms with Crippen LogP contribution in [0, 0.1) is 5.82 Å². The minimum Gasteiger partial charge on any atom is -0.378 e. The molecule has 0 unspecified atom stereocenters. The molecule has 3 aromatic rings. The summed E-state index contributed by atoms with van der Waals surface area (Å²) in [4.78, 5) is 17.0. The topological polar surface area (TPSA) is 58.8 Å². The molecule has 6 nitrogen and oxygen atoms in total. The number of halogens is 1. The monoisotopic (exact) mass is 423 g/mol. The Balaban J connectivity index is 1.72. The first-order valence-electron chi connectivity index (χ1n) is 10.6. The summed E-state index contributed by atoms with van der Waals surface area (Å²) < 4.78 is 25.6. The van der Waals surface area contributed by atoms with E-state index in [-0.39, 0.29) is 18.0 Å². The van der Waals surface area contributed by atoms with Crippen LogP contribution in [0.2, 0.25) is 0 Å². The van der Waals surface area contributed by atoms with E-state index in [1.54, 1.807) is 17.0 Å². The van der Waals surface area contributed by atoms with Crippen LogP contribution in [0.15, 0.2) is 59.1 Å². The van der Waals surface area contributed by atoms with Crippen LogP contribution >= 0.6 is 0 Å². The van der Waals surface area contributed by atoms with Crippen LogP contribution in [0.5, 0.6) is 0 Å². The highest BCUT2D eigenvalue weighted by Crippen LogP contribution is 2.33. The fourth-order valence-corrected chi connectivity index (χ4v) is 3.80. The Morgan fingerprint density at radius 1 is 1.10 bits per heavy atom. The number of rotatable bonds is 7. The third kappa shape index (κ3) is 4.61. The molecule has 7 heteroatoms. The second-order valence-electron chi connectivity index (χ2n) is 7.49. The Morgan fingerprint density at radius 3 is 2.52 bits per heavy atom. The Morgan fingerprint density at radius 2 is 1.81 bits per heavy atom. The average molecular weight is 423 g/mol. The summed E-state index contributed by atoms with van der Waals surface area (Å²) in [6.45, 7) is 5.35. The van der Waals surface area contributed by atoms with Gasteiger partial charge in [-0.1, -0.05) is 54.5 Å². The third-order valence-corrected chi connectivity index (χ3v) is 5.35. The molecule has 0 spiro atoms. The molecule has 1 aliphatic rings. The molecule has 1 saturated heterocycles. The fraction of sp³-hybridized carbons (Fsp3) is 0.333. The highest BCUT2D eigenvalue weighted by Gasteiger charge is 2.28. The summed E-state index contributed by atoms with van der Waals surface area (Å²) in [7, 11) is 0. The molecule has 2 heterocycles. The van der Waals surface area contributed by atoms with E-state index in [4.69, 9.17) is 9.26 Å². The van der Waals surface area contributed by atoms with Crippen molar-refractivity contribution in [3.8, 4) is 11.3 Å². The molecule has 0 bridgehead atoms. The maximum atomic E-state index is 14.3. The van der Waals surface area contributed by atoms with Gasteiger partial charge in [0.05, 0.1) is 30.9 Å². The van der Waals surface area contributed by atoms with E-state index in [0.717, 1.165) is 17.5 Å². The number of anilines is 1. The smallest absolute Gasteiger partial charge is 0.257 e. The normalized spacial score (nSPS) is 13.9. The van der Waals surface area contributed by atoms with Crippen molar-refractivity contribution in [2.24, 2.45) is 0 Å². The zero-order chi connectivity index (χ0) is 21.6. The molecule has 1 fully saturated rings. The van der Waals surface area contributed by atoms with Crippen LogP contribution in [-0.4, -0.2) is 48.8 Å². The summed E-state index contributed by atoms with van der Waals surface area (Å²) in [6.07, 6.45) is 0.749. The first-order valence-corrected chi connectivity index (χ1v) is 10.6. The predicted molar refractivity (Wildman–Crippen MR) is 116 cm³/mol. The number of morpholine rings is 1. The van der Waals surface area contributed by atoms with Gasteiger partial charge in [0.25, 0.3) is 5.91 Å². The van der Waals surface area contributed by atoms with Gasteiger partial charge in [-0.25, -0.2) is 4.39 Å². The van der Waals surface area contributed by atoms with Crippen molar-refractivity contribution >= 4 is 11.8 Å². The molecule has 0 aliphatic carbocycles. The molecular weight excluding hydrogens is 397 g/mol. The molecule has 0 radical (unpaired) electrons. The summed E-state index contributed by atoms with van der Waals surface area (Å²) in [6, 6.07) is 15.8. The zero-order valence-electron chi connectivity index (χ0n) is 17.6. The maximum absolute atomic E-state index is 14.3. The van der Waals surface area contributed by atoms with Crippen molar-refractivity contribution in [2.75, 3.05) is 37.7 Å². The number of carbonyl (C=O) groups is 1. The van der Waals surface area contributed by atoms with E-state index in [2.05, 4.69) is 10.1 Å². The summed E-state index contributed by atoms with van der Waals surface area (Å²) in [5.41, 5.74) is 2.51. The number of ether oxygens (including phenoxy) is 1. The van der Waals surface area contributed by atoms with Gasteiger partial charge in [-0.3, -0.25) is 4.79 Å². The summed E-state index contributed by atoms with van der Waals surface area (Å²) in [5.74, 6) is -0.215. The summed E-state index contributed by atoms with van der Waals surface area (Å²) >= 11 is 0. The van der Waals surface area contributed by atoms with Gasteiger partial charge in [-0.05, 0) is 18.6 Å². The molecular formula is C24H26FN3O3. The number of carbonyl (C=O) groups excluding carboxylic acids is 1. The summed E-state index contributed by atoms with van der Waals surface area (Å²) in [5, 5.41) is 4.35.